The highest BCUT2D eigenvalue weighted by Crippen LogP contribution is 2.19. The summed E-state index contributed by atoms with van der Waals surface area (Å²) in [5.74, 6) is 0. The highest BCUT2D eigenvalue weighted by atomic mass is 16.3. The van der Waals surface area contributed by atoms with Gasteiger partial charge in [0.15, 0.2) is 0 Å². The van der Waals surface area contributed by atoms with Gasteiger partial charge in [0.2, 0.25) is 0 Å². The fourth-order valence-electron chi connectivity index (χ4n) is 2.80. The lowest BCUT2D eigenvalue weighted by Crippen LogP contribution is -2.41. The number of imidazole rings is 1. The molecule has 106 valence electrons. The maximum atomic E-state index is 9.94. The summed E-state index contributed by atoms with van der Waals surface area (Å²) in [5.41, 5.74) is 2.36. The van der Waals surface area contributed by atoms with Crippen LogP contribution in [0.15, 0.2) is 43.0 Å². The van der Waals surface area contributed by atoms with E-state index in [-0.39, 0.29) is 12.1 Å². The van der Waals surface area contributed by atoms with E-state index in [1.807, 2.05) is 10.8 Å². The summed E-state index contributed by atoms with van der Waals surface area (Å²) in [5, 5.41) is 13.4. The van der Waals surface area contributed by atoms with Crippen molar-refractivity contribution in [2.45, 2.75) is 44.4 Å². The monoisotopic (exact) mass is 271 g/mol. The minimum atomic E-state index is -0.186. The normalized spacial score (nSPS) is 22.9. The van der Waals surface area contributed by atoms with Crippen molar-refractivity contribution in [3.63, 3.8) is 0 Å². The Morgan fingerprint density at radius 3 is 2.70 bits per heavy atom. The fourth-order valence-corrected chi connectivity index (χ4v) is 2.80. The van der Waals surface area contributed by atoms with Crippen LogP contribution in [0, 0.1) is 0 Å². The number of nitrogens with zero attached hydrogens (tertiary/aromatic N) is 2. The summed E-state index contributed by atoms with van der Waals surface area (Å²) in [4.78, 5) is 4.05. The number of benzene rings is 1. The Hall–Kier alpha value is -1.65. The predicted molar refractivity (Wildman–Crippen MR) is 78.7 cm³/mol. The first-order chi connectivity index (χ1) is 9.83. The average molecular weight is 271 g/mol. The lowest BCUT2D eigenvalue weighted by molar-refractivity contribution is 0.0902. The molecule has 1 heterocycles. The Morgan fingerprint density at radius 1 is 1.20 bits per heavy atom. The Labute approximate surface area is 119 Å². The summed E-state index contributed by atoms with van der Waals surface area (Å²) in [6, 6.07) is 8.68. The smallest absolute Gasteiger partial charge is 0.0991 e. The molecule has 0 spiro atoms. The minimum Gasteiger partial charge on any atom is -0.392 e. The van der Waals surface area contributed by atoms with Gasteiger partial charge in [-0.25, -0.2) is 4.98 Å². The van der Waals surface area contributed by atoms with Crippen LogP contribution in [0.2, 0.25) is 0 Å². The van der Waals surface area contributed by atoms with Crippen molar-refractivity contribution in [3.05, 3.63) is 48.5 Å². The van der Waals surface area contributed by atoms with Crippen molar-refractivity contribution in [2.75, 3.05) is 0 Å². The van der Waals surface area contributed by atoms with Gasteiger partial charge in [-0.2, -0.15) is 0 Å². The van der Waals surface area contributed by atoms with Gasteiger partial charge in [0.05, 0.1) is 12.4 Å². The van der Waals surface area contributed by atoms with Crippen LogP contribution >= 0.6 is 0 Å². The van der Waals surface area contributed by atoms with Gasteiger partial charge in [0, 0.05) is 30.7 Å². The standard InChI is InChI=1S/C16H21N3O/c20-16-4-2-1-3-15(16)18-11-13-5-7-14(8-6-13)19-10-9-17-12-19/h5-10,12,15-16,18,20H,1-4,11H2/t15-,16-/m0/s1. The maximum absolute atomic E-state index is 9.94. The summed E-state index contributed by atoms with van der Waals surface area (Å²) in [6.07, 6.45) is 9.70. The molecule has 1 aliphatic carbocycles. The minimum absolute atomic E-state index is 0.186. The lowest BCUT2D eigenvalue weighted by Gasteiger charge is -2.28. The molecule has 2 aromatic rings. The van der Waals surface area contributed by atoms with E-state index in [9.17, 15) is 5.11 Å². The molecule has 0 saturated heterocycles. The molecule has 0 aliphatic heterocycles. The maximum Gasteiger partial charge on any atom is 0.0991 e. The van der Waals surface area contributed by atoms with Gasteiger partial charge in [0.25, 0.3) is 0 Å². The van der Waals surface area contributed by atoms with E-state index in [0.29, 0.717) is 0 Å². The number of hydrogen-bond acceptors (Lipinski definition) is 3. The Balaban J connectivity index is 1.58. The first-order valence-corrected chi connectivity index (χ1v) is 7.31. The van der Waals surface area contributed by atoms with Crippen molar-refractivity contribution >= 4 is 0 Å². The lowest BCUT2D eigenvalue weighted by atomic mass is 9.92. The Kier molecular flexibility index (Phi) is 4.14. The molecule has 20 heavy (non-hydrogen) atoms. The van der Waals surface area contributed by atoms with Crippen molar-refractivity contribution in [1.29, 1.82) is 0 Å². The van der Waals surface area contributed by atoms with Gasteiger partial charge in [-0.1, -0.05) is 25.0 Å². The van der Waals surface area contributed by atoms with Crippen molar-refractivity contribution < 1.29 is 5.11 Å². The van der Waals surface area contributed by atoms with Gasteiger partial charge >= 0.3 is 0 Å². The van der Waals surface area contributed by atoms with Gasteiger partial charge in [0.1, 0.15) is 0 Å². The van der Waals surface area contributed by atoms with E-state index in [1.54, 1.807) is 12.5 Å². The Bertz CT molecular complexity index is 521. The number of aliphatic hydroxyl groups is 1. The molecule has 0 radical (unpaired) electrons. The molecule has 2 N–H and O–H groups in total. The zero-order chi connectivity index (χ0) is 13.8. The van der Waals surface area contributed by atoms with Crippen LogP contribution in [0.1, 0.15) is 31.2 Å². The van der Waals surface area contributed by atoms with Crippen molar-refractivity contribution in [3.8, 4) is 5.69 Å². The third-order valence-corrected chi connectivity index (χ3v) is 4.04. The third kappa shape index (κ3) is 3.08. The first kappa shape index (κ1) is 13.3. The average Bonchev–Trinajstić information content (AvgIpc) is 3.01. The van der Waals surface area contributed by atoms with Crippen LogP contribution in [-0.2, 0) is 6.54 Å². The van der Waals surface area contributed by atoms with Crippen LogP contribution in [0.4, 0.5) is 0 Å². The van der Waals surface area contributed by atoms with E-state index in [1.165, 1.54) is 12.0 Å². The number of hydrogen-bond donors (Lipinski definition) is 2. The SMILES string of the molecule is O[C@H]1CCCC[C@@H]1NCc1ccc(-n2ccnc2)cc1. The van der Waals surface area contributed by atoms with Crippen LogP contribution in [0.5, 0.6) is 0 Å². The van der Waals surface area contributed by atoms with Crippen LogP contribution in [-0.4, -0.2) is 26.8 Å². The van der Waals surface area contributed by atoms with Crippen LogP contribution < -0.4 is 5.32 Å². The highest BCUT2D eigenvalue weighted by molar-refractivity contribution is 5.34. The van der Waals surface area contributed by atoms with Crippen LogP contribution in [0.3, 0.4) is 0 Å². The molecule has 1 saturated carbocycles. The second-order valence-corrected chi connectivity index (χ2v) is 5.48. The number of aromatic nitrogens is 2. The molecule has 0 unspecified atom stereocenters. The summed E-state index contributed by atoms with van der Waals surface area (Å²) >= 11 is 0. The molecule has 4 heteroatoms. The molecule has 0 bridgehead atoms. The summed E-state index contributed by atoms with van der Waals surface area (Å²) in [6.45, 7) is 0.811. The number of aliphatic hydroxyl groups excluding tert-OH is 1. The van der Waals surface area contributed by atoms with E-state index in [4.69, 9.17) is 0 Å². The molecule has 2 atom stereocenters. The second-order valence-electron chi connectivity index (χ2n) is 5.48. The first-order valence-electron chi connectivity index (χ1n) is 7.31. The fraction of sp³-hybridized carbons (Fsp3) is 0.438. The third-order valence-electron chi connectivity index (χ3n) is 4.04. The van der Waals surface area contributed by atoms with E-state index >= 15 is 0 Å². The van der Waals surface area contributed by atoms with E-state index in [0.717, 1.165) is 31.5 Å². The van der Waals surface area contributed by atoms with Crippen molar-refractivity contribution in [1.82, 2.24) is 14.9 Å². The van der Waals surface area contributed by atoms with Gasteiger partial charge in [-0.3, -0.25) is 0 Å². The molecule has 0 amide bonds. The molecule has 4 nitrogen and oxygen atoms in total. The van der Waals surface area contributed by atoms with Crippen molar-refractivity contribution in [2.24, 2.45) is 0 Å². The second kappa shape index (κ2) is 6.20. The topological polar surface area (TPSA) is 50.1 Å². The zero-order valence-electron chi connectivity index (χ0n) is 11.6. The molecule has 1 fully saturated rings. The molecular formula is C16H21N3O. The molecular weight excluding hydrogens is 250 g/mol. The van der Waals surface area contributed by atoms with Crippen LogP contribution in [0.25, 0.3) is 5.69 Å². The van der Waals surface area contributed by atoms with Gasteiger partial charge < -0.3 is 15.0 Å². The van der Waals surface area contributed by atoms with Gasteiger partial charge in [-0.15, -0.1) is 0 Å². The van der Waals surface area contributed by atoms with E-state index in [2.05, 4.69) is 34.6 Å². The molecule has 1 aromatic heterocycles. The molecule has 1 aliphatic rings. The summed E-state index contributed by atoms with van der Waals surface area (Å²) in [7, 11) is 0. The zero-order valence-corrected chi connectivity index (χ0v) is 11.6. The summed E-state index contributed by atoms with van der Waals surface area (Å²) < 4.78 is 1.99. The largest absolute Gasteiger partial charge is 0.392 e. The number of rotatable bonds is 4. The Morgan fingerprint density at radius 2 is 2.00 bits per heavy atom. The van der Waals surface area contributed by atoms with E-state index < -0.39 is 0 Å². The number of nitrogens with one attached hydrogen (secondary N) is 1. The molecule has 3 rings (SSSR count). The highest BCUT2D eigenvalue weighted by Gasteiger charge is 2.21. The van der Waals surface area contributed by atoms with Gasteiger partial charge in [-0.05, 0) is 30.5 Å². The molecule has 1 aromatic carbocycles. The quantitative estimate of drug-likeness (QED) is 0.897. The predicted octanol–water partition coefficient (Wildman–Crippen LogP) is 2.27.